The Balaban J connectivity index is 1.41. The molecule has 1 N–H and O–H groups in total. The van der Waals surface area contributed by atoms with E-state index in [0.717, 1.165) is 4.68 Å². The van der Waals surface area contributed by atoms with Crippen LogP contribution in [-0.2, 0) is 4.79 Å². The van der Waals surface area contributed by atoms with Gasteiger partial charge >= 0.3 is 0 Å². The van der Waals surface area contributed by atoms with Crippen molar-refractivity contribution in [3.63, 3.8) is 0 Å². The van der Waals surface area contributed by atoms with Crippen molar-refractivity contribution in [3.05, 3.63) is 112 Å². The number of nitrogens with zero attached hydrogens (tertiary/aromatic N) is 3. The van der Waals surface area contributed by atoms with Crippen LogP contribution in [0.2, 0.25) is 5.02 Å². The van der Waals surface area contributed by atoms with E-state index in [2.05, 4.69) is 10.4 Å². The van der Waals surface area contributed by atoms with Crippen LogP contribution in [0.4, 0.5) is 10.1 Å². The highest BCUT2D eigenvalue weighted by Crippen LogP contribution is 2.35. The Bertz CT molecular complexity index is 2160. The monoisotopic (exact) mass is 626 g/mol. The minimum atomic E-state index is -0.543. The lowest BCUT2D eigenvalue weighted by Gasteiger charge is -2.14. The van der Waals surface area contributed by atoms with Gasteiger partial charge in [0.05, 0.1) is 36.7 Å². The second kappa shape index (κ2) is 12.5. The van der Waals surface area contributed by atoms with E-state index in [0.29, 0.717) is 38.2 Å². The Hall–Kier alpha value is -5.68. The van der Waals surface area contributed by atoms with Crippen LogP contribution in [0, 0.1) is 5.82 Å². The first-order valence-corrected chi connectivity index (χ1v) is 13.9. The van der Waals surface area contributed by atoms with Crippen molar-refractivity contribution in [2.75, 3.05) is 26.1 Å². The van der Waals surface area contributed by atoms with Gasteiger partial charge in [-0.3, -0.25) is 9.59 Å². The predicted octanol–water partition coefficient (Wildman–Crippen LogP) is 6.52. The molecule has 6 rings (SSSR count). The van der Waals surface area contributed by atoms with Gasteiger partial charge in [0, 0.05) is 22.3 Å². The van der Waals surface area contributed by atoms with Gasteiger partial charge in [0.25, 0.3) is 11.5 Å². The highest BCUT2D eigenvalue weighted by Gasteiger charge is 2.19. The third kappa shape index (κ3) is 6.06. The number of amides is 1. The molecule has 0 aliphatic heterocycles. The van der Waals surface area contributed by atoms with Gasteiger partial charge in [-0.1, -0.05) is 35.9 Å². The number of nitrogens with one attached hydrogen (secondary N) is 1. The Morgan fingerprint density at radius 3 is 2.60 bits per heavy atom. The summed E-state index contributed by atoms with van der Waals surface area (Å²) < 4.78 is 37.5. The Morgan fingerprint density at radius 1 is 1.00 bits per heavy atom. The molecule has 226 valence electrons. The smallest absolute Gasteiger partial charge is 0.282 e. The standard InChI is InChI=1S/C33H24ClFN4O6/c1-42-26-11-6-12-27-24(26)16-29(45-27)32-38-25-10-4-3-9-23(25)33(41)39(32)36-17-19-13-20(34)14-28(43-2)31(19)44-18-30(40)37-22-8-5-7-21(35)15-22/h3-17H,18H2,1-2H3,(H,37,40). The Kier molecular flexibility index (Phi) is 8.17. The third-order valence-corrected chi connectivity index (χ3v) is 6.97. The molecule has 45 heavy (non-hydrogen) atoms. The number of aromatic nitrogens is 2. The number of hydrogen-bond acceptors (Lipinski definition) is 8. The molecule has 0 saturated carbocycles. The molecule has 2 aromatic heterocycles. The number of halogens is 2. The second-order valence-corrected chi connectivity index (χ2v) is 10.1. The van der Waals surface area contributed by atoms with E-state index in [-0.39, 0.29) is 28.8 Å². The topological polar surface area (TPSA) is 117 Å². The highest BCUT2D eigenvalue weighted by molar-refractivity contribution is 6.31. The van der Waals surface area contributed by atoms with Gasteiger partial charge in [0.1, 0.15) is 17.1 Å². The van der Waals surface area contributed by atoms with E-state index >= 15 is 0 Å². The number of methoxy groups -OCH3 is 2. The van der Waals surface area contributed by atoms with Crippen LogP contribution in [0.25, 0.3) is 33.5 Å². The maximum atomic E-state index is 13.8. The van der Waals surface area contributed by atoms with Crippen molar-refractivity contribution >= 4 is 51.3 Å². The molecule has 0 unspecified atom stereocenters. The zero-order valence-electron chi connectivity index (χ0n) is 23.9. The van der Waals surface area contributed by atoms with E-state index in [9.17, 15) is 14.0 Å². The average Bonchev–Trinajstić information content (AvgIpc) is 3.48. The number of para-hydroxylation sites is 1. The molecular weight excluding hydrogens is 603 g/mol. The molecule has 0 radical (unpaired) electrons. The lowest BCUT2D eigenvalue weighted by atomic mass is 10.2. The SMILES string of the molecule is COc1cc(Cl)cc(C=Nn2c(-c3cc4c(OC)cccc4o3)nc3ccccc3c2=O)c1OCC(=O)Nc1cccc(F)c1. The summed E-state index contributed by atoms with van der Waals surface area (Å²) in [6, 6.07) is 22.5. The molecule has 12 heteroatoms. The fourth-order valence-electron chi connectivity index (χ4n) is 4.72. The quantitative estimate of drug-likeness (QED) is 0.182. The molecule has 10 nitrogen and oxygen atoms in total. The van der Waals surface area contributed by atoms with Crippen LogP contribution < -0.4 is 25.1 Å². The first-order chi connectivity index (χ1) is 21.8. The summed E-state index contributed by atoms with van der Waals surface area (Å²) in [7, 11) is 2.97. The molecule has 2 heterocycles. The molecule has 1 amide bonds. The van der Waals surface area contributed by atoms with Crippen LogP contribution in [-0.4, -0.2) is 42.6 Å². The molecule has 0 spiro atoms. The summed E-state index contributed by atoms with van der Waals surface area (Å²) in [5.74, 6) is 0.329. The summed E-state index contributed by atoms with van der Waals surface area (Å²) in [4.78, 5) is 31.1. The zero-order chi connectivity index (χ0) is 31.5. The first-order valence-electron chi connectivity index (χ1n) is 13.5. The lowest BCUT2D eigenvalue weighted by Crippen LogP contribution is -2.21. The summed E-state index contributed by atoms with van der Waals surface area (Å²) in [5.41, 5.74) is 1.11. The molecule has 0 saturated heterocycles. The van der Waals surface area contributed by atoms with Crippen LogP contribution in [0.1, 0.15) is 5.56 Å². The molecule has 0 aliphatic rings. The van der Waals surface area contributed by atoms with E-state index in [1.165, 1.54) is 37.6 Å². The molecule has 0 fully saturated rings. The number of furan rings is 1. The molecule has 0 aliphatic carbocycles. The third-order valence-electron chi connectivity index (χ3n) is 6.75. The maximum Gasteiger partial charge on any atom is 0.282 e. The van der Waals surface area contributed by atoms with Crippen molar-refractivity contribution < 1.29 is 27.8 Å². The zero-order valence-corrected chi connectivity index (χ0v) is 24.7. The van der Waals surface area contributed by atoms with E-state index < -0.39 is 23.9 Å². The Labute approximate surface area is 260 Å². The van der Waals surface area contributed by atoms with Crippen LogP contribution in [0.5, 0.6) is 17.2 Å². The summed E-state index contributed by atoms with van der Waals surface area (Å²) in [6.45, 7) is -0.446. The Morgan fingerprint density at radius 2 is 1.80 bits per heavy atom. The molecule has 6 aromatic rings. The van der Waals surface area contributed by atoms with Crippen molar-refractivity contribution in [1.29, 1.82) is 0 Å². The summed E-state index contributed by atoms with van der Waals surface area (Å²) >= 11 is 6.36. The molecule has 0 bridgehead atoms. The number of rotatable bonds is 9. The van der Waals surface area contributed by atoms with Gasteiger partial charge in [-0.05, 0) is 54.6 Å². The number of fused-ring (bicyclic) bond motifs is 2. The number of benzene rings is 4. The number of carbonyl (C=O) groups is 1. The summed E-state index contributed by atoms with van der Waals surface area (Å²) in [5, 5.41) is 8.38. The minimum Gasteiger partial charge on any atom is -0.496 e. The fourth-order valence-corrected chi connectivity index (χ4v) is 4.94. The largest absolute Gasteiger partial charge is 0.496 e. The first kappa shape index (κ1) is 29.4. The predicted molar refractivity (Wildman–Crippen MR) is 169 cm³/mol. The van der Waals surface area contributed by atoms with Gasteiger partial charge in [-0.15, -0.1) is 0 Å². The van der Waals surface area contributed by atoms with Gasteiger partial charge in [-0.2, -0.15) is 9.78 Å². The van der Waals surface area contributed by atoms with Crippen LogP contribution in [0.3, 0.4) is 0 Å². The van der Waals surface area contributed by atoms with E-state index in [1.54, 1.807) is 67.8 Å². The maximum absolute atomic E-state index is 13.8. The van der Waals surface area contributed by atoms with Crippen molar-refractivity contribution in [2.45, 2.75) is 0 Å². The van der Waals surface area contributed by atoms with Crippen molar-refractivity contribution in [3.8, 4) is 28.8 Å². The normalized spacial score (nSPS) is 11.3. The number of anilines is 1. The lowest BCUT2D eigenvalue weighted by molar-refractivity contribution is -0.118. The fraction of sp³-hybridized carbons (Fsp3) is 0.0909. The van der Waals surface area contributed by atoms with Crippen molar-refractivity contribution in [1.82, 2.24) is 9.66 Å². The van der Waals surface area contributed by atoms with Gasteiger partial charge in [0.2, 0.25) is 5.82 Å². The van der Waals surface area contributed by atoms with Crippen molar-refractivity contribution in [2.24, 2.45) is 5.10 Å². The molecule has 4 aromatic carbocycles. The molecule has 0 atom stereocenters. The van der Waals surface area contributed by atoms with Gasteiger partial charge in [0.15, 0.2) is 23.9 Å². The summed E-state index contributed by atoms with van der Waals surface area (Å²) in [6.07, 6.45) is 1.35. The minimum absolute atomic E-state index is 0.136. The van der Waals surface area contributed by atoms with E-state index in [4.69, 9.17) is 35.2 Å². The number of ether oxygens (including phenoxy) is 3. The average molecular weight is 627 g/mol. The number of carbonyl (C=O) groups excluding carboxylic acids is 1. The van der Waals surface area contributed by atoms with E-state index in [1.807, 2.05) is 0 Å². The van der Waals surface area contributed by atoms with Gasteiger partial charge < -0.3 is 23.9 Å². The second-order valence-electron chi connectivity index (χ2n) is 9.67. The van der Waals surface area contributed by atoms with Crippen LogP contribution >= 0.6 is 11.6 Å². The highest BCUT2D eigenvalue weighted by atomic mass is 35.5. The number of hydrogen-bond donors (Lipinski definition) is 1. The molecular formula is C33H24ClFN4O6. The van der Waals surface area contributed by atoms with Crippen LogP contribution in [0.15, 0.2) is 99.2 Å². The van der Waals surface area contributed by atoms with Gasteiger partial charge in [-0.25, -0.2) is 9.37 Å².